The summed E-state index contributed by atoms with van der Waals surface area (Å²) in [5.41, 5.74) is 1.62. The van der Waals surface area contributed by atoms with Crippen LogP contribution in [0.4, 0.5) is 6.01 Å². The van der Waals surface area contributed by atoms with Crippen LogP contribution in [0.2, 0.25) is 0 Å². The number of aromatic nitrogens is 4. The number of hydrogen-bond acceptors (Lipinski definition) is 9. The van der Waals surface area contributed by atoms with Gasteiger partial charge >= 0.3 is 6.01 Å². The van der Waals surface area contributed by atoms with Crippen LogP contribution in [-0.4, -0.2) is 79.1 Å². The lowest BCUT2D eigenvalue weighted by atomic mass is 10.2. The van der Waals surface area contributed by atoms with Gasteiger partial charge in [-0.3, -0.25) is 14.8 Å². The number of hydrogen-bond donors (Lipinski definition) is 1. The van der Waals surface area contributed by atoms with Crippen LogP contribution in [0, 0.1) is 6.92 Å². The SMILES string of the molecule is COCCN(CCOC)S(=O)(=O)c1ccc(C(=O)Nc2nnc(-c3cc(C)n(C)n3)o2)cc1. The highest BCUT2D eigenvalue weighted by Crippen LogP contribution is 2.20. The number of benzene rings is 1. The molecule has 1 aromatic carbocycles. The summed E-state index contributed by atoms with van der Waals surface area (Å²) in [6.45, 7) is 2.73. The molecule has 1 N–H and O–H groups in total. The van der Waals surface area contributed by atoms with Gasteiger partial charge in [0.15, 0.2) is 0 Å². The highest BCUT2D eigenvalue weighted by Gasteiger charge is 2.24. The molecule has 0 bridgehead atoms. The molecule has 2 aromatic heterocycles. The van der Waals surface area contributed by atoms with E-state index in [-0.39, 0.29) is 48.7 Å². The third-order valence-corrected chi connectivity index (χ3v) is 6.74. The Labute approximate surface area is 191 Å². The topological polar surface area (TPSA) is 142 Å². The summed E-state index contributed by atoms with van der Waals surface area (Å²) in [6.07, 6.45) is 0. The van der Waals surface area contributed by atoms with Crippen LogP contribution >= 0.6 is 0 Å². The van der Waals surface area contributed by atoms with Crippen molar-refractivity contribution in [2.45, 2.75) is 11.8 Å². The predicted octanol–water partition coefficient (Wildman–Crippen LogP) is 1.31. The molecule has 3 rings (SSSR count). The minimum Gasteiger partial charge on any atom is -0.401 e. The van der Waals surface area contributed by atoms with Crippen LogP contribution in [0.15, 0.2) is 39.6 Å². The summed E-state index contributed by atoms with van der Waals surface area (Å²) in [5.74, 6) is -0.357. The Bertz CT molecular complexity index is 1160. The first kappa shape index (κ1) is 24.5. The first-order chi connectivity index (χ1) is 15.8. The van der Waals surface area contributed by atoms with Crippen molar-refractivity contribution in [2.24, 2.45) is 7.05 Å². The van der Waals surface area contributed by atoms with E-state index in [0.717, 1.165) is 5.69 Å². The number of amides is 1. The summed E-state index contributed by atoms with van der Waals surface area (Å²) in [5, 5.41) is 14.4. The maximum absolute atomic E-state index is 13.0. The van der Waals surface area contributed by atoms with Gasteiger partial charge in [-0.15, -0.1) is 5.10 Å². The predicted molar refractivity (Wildman–Crippen MR) is 118 cm³/mol. The Kier molecular flexibility index (Phi) is 7.92. The van der Waals surface area contributed by atoms with Crippen LogP contribution in [-0.2, 0) is 26.5 Å². The molecule has 12 nitrogen and oxygen atoms in total. The van der Waals surface area contributed by atoms with Crippen LogP contribution in [0.3, 0.4) is 0 Å². The fourth-order valence-corrected chi connectivity index (χ4v) is 4.29. The van der Waals surface area contributed by atoms with Gasteiger partial charge in [0.05, 0.1) is 18.1 Å². The van der Waals surface area contributed by atoms with E-state index in [1.807, 2.05) is 6.92 Å². The van der Waals surface area contributed by atoms with Crippen molar-refractivity contribution in [3.63, 3.8) is 0 Å². The van der Waals surface area contributed by atoms with Gasteiger partial charge in [-0.1, -0.05) is 5.10 Å². The van der Waals surface area contributed by atoms with Crippen molar-refractivity contribution in [1.29, 1.82) is 0 Å². The Balaban J connectivity index is 1.70. The number of carbonyl (C=O) groups is 1. The number of nitrogens with one attached hydrogen (secondary N) is 1. The van der Waals surface area contributed by atoms with Gasteiger partial charge in [0, 0.05) is 45.6 Å². The van der Waals surface area contributed by atoms with E-state index in [4.69, 9.17) is 13.9 Å². The van der Waals surface area contributed by atoms with Crippen LogP contribution in [0.1, 0.15) is 16.1 Å². The van der Waals surface area contributed by atoms with Crippen LogP contribution in [0.25, 0.3) is 11.6 Å². The zero-order valence-electron chi connectivity index (χ0n) is 18.8. The first-order valence-electron chi connectivity index (χ1n) is 10.00. The normalized spacial score (nSPS) is 11.8. The largest absolute Gasteiger partial charge is 0.401 e. The van der Waals surface area contributed by atoms with Crippen LogP contribution in [0.5, 0.6) is 0 Å². The van der Waals surface area contributed by atoms with Crippen molar-refractivity contribution >= 4 is 21.9 Å². The number of methoxy groups -OCH3 is 2. The molecule has 0 spiro atoms. The number of nitrogens with zero attached hydrogens (tertiary/aromatic N) is 5. The summed E-state index contributed by atoms with van der Waals surface area (Å²) in [7, 11) is 1.00. The minimum atomic E-state index is -3.78. The molecular formula is C20H26N6O6S. The van der Waals surface area contributed by atoms with Gasteiger partial charge in [0.1, 0.15) is 5.69 Å². The molecular weight excluding hydrogens is 452 g/mol. The lowest BCUT2D eigenvalue weighted by molar-refractivity contribution is 0.102. The van der Waals surface area contributed by atoms with Crippen molar-refractivity contribution < 1.29 is 27.1 Å². The van der Waals surface area contributed by atoms with E-state index in [2.05, 4.69) is 20.6 Å². The lowest BCUT2D eigenvalue weighted by Crippen LogP contribution is -2.36. The number of anilines is 1. The monoisotopic (exact) mass is 478 g/mol. The Morgan fingerprint density at radius 3 is 2.30 bits per heavy atom. The molecule has 0 fully saturated rings. The molecule has 1 amide bonds. The zero-order chi connectivity index (χ0) is 24.0. The standard InChI is InChI=1S/C20H26N6O6S/c1-14-13-17(24-25(14)2)19-22-23-20(32-19)21-18(27)15-5-7-16(8-6-15)33(28,29)26(9-11-30-3)10-12-31-4/h5-8,13H,9-12H2,1-4H3,(H,21,23,27). The second-order valence-corrected chi connectivity index (χ2v) is 9.01. The summed E-state index contributed by atoms with van der Waals surface area (Å²) in [4.78, 5) is 12.6. The average Bonchev–Trinajstić information content (AvgIpc) is 3.40. The smallest absolute Gasteiger partial charge is 0.322 e. The van der Waals surface area contributed by atoms with E-state index < -0.39 is 15.9 Å². The third-order valence-electron chi connectivity index (χ3n) is 4.82. The molecule has 3 aromatic rings. The Hall–Kier alpha value is -3.13. The summed E-state index contributed by atoms with van der Waals surface area (Å²) in [6, 6.07) is 7.24. The molecule has 0 unspecified atom stereocenters. The second-order valence-electron chi connectivity index (χ2n) is 7.08. The Morgan fingerprint density at radius 1 is 1.12 bits per heavy atom. The van der Waals surface area contributed by atoms with Crippen molar-refractivity contribution in [3.8, 4) is 11.6 Å². The first-order valence-corrected chi connectivity index (χ1v) is 11.4. The van der Waals surface area contributed by atoms with E-state index >= 15 is 0 Å². The van der Waals surface area contributed by atoms with Gasteiger partial charge in [0.25, 0.3) is 11.8 Å². The minimum absolute atomic E-state index is 0.0526. The number of ether oxygens (including phenoxy) is 2. The fourth-order valence-electron chi connectivity index (χ4n) is 2.88. The van der Waals surface area contributed by atoms with Gasteiger partial charge in [-0.05, 0) is 37.3 Å². The van der Waals surface area contributed by atoms with E-state index in [1.54, 1.807) is 17.8 Å². The molecule has 2 heterocycles. The number of carbonyl (C=O) groups excluding carboxylic acids is 1. The van der Waals surface area contributed by atoms with Crippen molar-refractivity contribution in [3.05, 3.63) is 41.6 Å². The van der Waals surface area contributed by atoms with E-state index in [1.165, 1.54) is 42.8 Å². The molecule has 0 aliphatic rings. The molecule has 178 valence electrons. The highest BCUT2D eigenvalue weighted by atomic mass is 32.2. The number of sulfonamides is 1. The van der Waals surface area contributed by atoms with E-state index in [9.17, 15) is 13.2 Å². The van der Waals surface area contributed by atoms with Crippen LogP contribution < -0.4 is 5.32 Å². The average molecular weight is 479 g/mol. The summed E-state index contributed by atoms with van der Waals surface area (Å²) < 4.78 is 44.3. The molecule has 33 heavy (non-hydrogen) atoms. The van der Waals surface area contributed by atoms with Gasteiger partial charge < -0.3 is 13.9 Å². The maximum atomic E-state index is 13.0. The highest BCUT2D eigenvalue weighted by molar-refractivity contribution is 7.89. The quantitative estimate of drug-likeness (QED) is 0.432. The van der Waals surface area contributed by atoms with Gasteiger partial charge in [0.2, 0.25) is 10.0 Å². The molecule has 0 atom stereocenters. The molecule has 0 saturated heterocycles. The Morgan fingerprint density at radius 2 is 1.76 bits per heavy atom. The van der Waals surface area contributed by atoms with E-state index in [0.29, 0.717) is 5.69 Å². The molecule has 0 saturated carbocycles. The second kappa shape index (κ2) is 10.7. The van der Waals surface area contributed by atoms with Crippen molar-refractivity contribution in [2.75, 3.05) is 45.8 Å². The van der Waals surface area contributed by atoms with Crippen molar-refractivity contribution in [1.82, 2.24) is 24.3 Å². The lowest BCUT2D eigenvalue weighted by Gasteiger charge is -2.21. The molecule has 0 aliphatic carbocycles. The van der Waals surface area contributed by atoms with Gasteiger partial charge in [-0.25, -0.2) is 8.42 Å². The van der Waals surface area contributed by atoms with Gasteiger partial charge in [-0.2, -0.15) is 9.40 Å². The maximum Gasteiger partial charge on any atom is 0.322 e. The number of rotatable bonds is 11. The fraction of sp³-hybridized carbons (Fsp3) is 0.400. The molecule has 0 radical (unpaired) electrons. The summed E-state index contributed by atoms with van der Waals surface area (Å²) >= 11 is 0. The molecule has 13 heteroatoms. The number of aryl methyl sites for hydroxylation is 2. The molecule has 0 aliphatic heterocycles. The zero-order valence-corrected chi connectivity index (χ0v) is 19.6. The third kappa shape index (κ3) is 5.82.